The molecule has 2 unspecified atom stereocenters. The SMILES string of the molecule is CS(=O)(=O)NCCCNC(=O)NC1C=CC(C(=O)O)C1. The van der Waals surface area contributed by atoms with Gasteiger partial charge in [-0.3, -0.25) is 4.79 Å². The molecule has 0 aromatic carbocycles. The molecule has 0 aliphatic heterocycles. The van der Waals surface area contributed by atoms with Crippen LogP contribution < -0.4 is 15.4 Å². The van der Waals surface area contributed by atoms with E-state index in [0.717, 1.165) is 6.26 Å². The van der Waals surface area contributed by atoms with Crippen LogP contribution in [0.15, 0.2) is 12.2 Å². The van der Waals surface area contributed by atoms with E-state index in [2.05, 4.69) is 15.4 Å². The quantitative estimate of drug-likeness (QED) is 0.364. The minimum absolute atomic E-state index is 0.254. The first-order chi connectivity index (χ1) is 9.28. The molecule has 0 saturated carbocycles. The van der Waals surface area contributed by atoms with Crippen molar-refractivity contribution in [2.24, 2.45) is 5.92 Å². The molecule has 0 aromatic rings. The first-order valence-corrected chi connectivity index (χ1v) is 8.07. The van der Waals surface area contributed by atoms with E-state index in [1.165, 1.54) is 0 Å². The van der Waals surface area contributed by atoms with Gasteiger partial charge in [-0.25, -0.2) is 17.9 Å². The molecule has 4 N–H and O–H groups in total. The van der Waals surface area contributed by atoms with Crippen LogP contribution in [0.25, 0.3) is 0 Å². The molecule has 0 fully saturated rings. The van der Waals surface area contributed by atoms with Crippen LogP contribution in [0.3, 0.4) is 0 Å². The number of urea groups is 1. The van der Waals surface area contributed by atoms with Crippen LogP contribution >= 0.6 is 0 Å². The van der Waals surface area contributed by atoms with Crippen LogP contribution in [0.4, 0.5) is 4.79 Å². The number of nitrogens with one attached hydrogen (secondary N) is 3. The zero-order valence-corrected chi connectivity index (χ0v) is 11.9. The van der Waals surface area contributed by atoms with E-state index in [-0.39, 0.29) is 12.6 Å². The Labute approximate surface area is 117 Å². The van der Waals surface area contributed by atoms with Gasteiger partial charge in [0.15, 0.2) is 0 Å². The van der Waals surface area contributed by atoms with Gasteiger partial charge in [0.1, 0.15) is 0 Å². The van der Waals surface area contributed by atoms with Crippen LogP contribution in [0.2, 0.25) is 0 Å². The van der Waals surface area contributed by atoms with Crippen molar-refractivity contribution in [1.29, 1.82) is 0 Å². The molecule has 2 atom stereocenters. The molecule has 0 heterocycles. The Hall–Kier alpha value is -1.61. The van der Waals surface area contributed by atoms with Crippen LogP contribution in [-0.2, 0) is 14.8 Å². The van der Waals surface area contributed by atoms with E-state index < -0.39 is 27.9 Å². The fourth-order valence-corrected chi connectivity index (χ4v) is 2.27. The van der Waals surface area contributed by atoms with Crippen molar-refractivity contribution in [3.63, 3.8) is 0 Å². The Morgan fingerprint density at radius 2 is 2.00 bits per heavy atom. The van der Waals surface area contributed by atoms with Gasteiger partial charge in [0.2, 0.25) is 10.0 Å². The third-order valence-electron chi connectivity index (χ3n) is 2.72. The second-order valence-corrected chi connectivity index (χ2v) is 6.43. The fourth-order valence-electron chi connectivity index (χ4n) is 1.76. The highest BCUT2D eigenvalue weighted by Gasteiger charge is 2.25. The first kappa shape index (κ1) is 16.4. The largest absolute Gasteiger partial charge is 0.481 e. The van der Waals surface area contributed by atoms with Crippen molar-refractivity contribution < 1.29 is 23.1 Å². The number of rotatable bonds is 7. The molecule has 0 saturated heterocycles. The fraction of sp³-hybridized carbons (Fsp3) is 0.636. The number of hydrogen-bond acceptors (Lipinski definition) is 4. The van der Waals surface area contributed by atoms with E-state index in [0.29, 0.717) is 19.4 Å². The molecule has 1 rings (SSSR count). The van der Waals surface area contributed by atoms with Gasteiger partial charge in [-0.1, -0.05) is 12.2 Å². The third-order valence-corrected chi connectivity index (χ3v) is 3.45. The average molecular weight is 305 g/mol. The van der Waals surface area contributed by atoms with E-state index in [1.54, 1.807) is 12.2 Å². The number of carboxylic acid groups (broad SMARTS) is 1. The molecule has 0 aromatic heterocycles. The molecule has 1 aliphatic rings. The molecule has 0 bridgehead atoms. The lowest BCUT2D eigenvalue weighted by atomic mass is 10.1. The van der Waals surface area contributed by atoms with E-state index in [4.69, 9.17) is 5.11 Å². The Morgan fingerprint density at radius 3 is 2.55 bits per heavy atom. The molecular formula is C11H19N3O5S. The first-order valence-electron chi connectivity index (χ1n) is 6.18. The minimum atomic E-state index is -3.20. The predicted octanol–water partition coefficient (Wildman–Crippen LogP) is -0.746. The zero-order chi connectivity index (χ0) is 15.2. The van der Waals surface area contributed by atoms with E-state index in [1.807, 2.05) is 0 Å². The Kier molecular flexibility index (Phi) is 5.96. The number of aliphatic carboxylic acids is 1. The molecule has 2 amide bonds. The molecule has 1 aliphatic carbocycles. The van der Waals surface area contributed by atoms with Crippen LogP contribution in [0.1, 0.15) is 12.8 Å². The molecule has 114 valence electrons. The number of hydrogen-bond donors (Lipinski definition) is 4. The van der Waals surface area contributed by atoms with Gasteiger partial charge in [0.25, 0.3) is 0 Å². The van der Waals surface area contributed by atoms with Crippen molar-refractivity contribution in [2.45, 2.75) is 18.9 Å². The predicted molar refractivity (Wildman–Crippen MR) is 72.7 cm³/mol. The number of carboxylic acids is 1. The molecule has 0 radical (unpaired) electrons. The topological polar surface area (TPSA) is 125 Å². The summed E-state index contributed by atoms with van der Waals surface area (Å²) >= 11 is 0. The monoisotopic (exact) mass is 305 g/mol. The highest BCUT2D eigenvalue weighted by Crippen LogP contribution is 2.17. The van der Waals surface area contributed by atoms with Crippen molar-refractivity contribution in [2.75, 3.05) is 19.3 Å². The standard InChI is InChI=1S/C11H19N3O5S/c1-20(18,19)13-6-2-5-12-11(17)14-9-4-3-8(7-9)10(15)16/h3-4,8-9,13H,2,5-7H2,1H3,(H,15,16)(H2,12,14,17). The smallest absolute Gasteiger partial charge is 0.315 e. The lowest BCUT2D eigenvalue weighted by molar-refractivity contribution is -0.140. The zero-order valence-electron chi connectivity index (χ0n) is 11.1. The highest BCUT2D eigenvalue weighted by molar-refractivity contribution is 7.88. The second-order valence-electron chi connectivity index (χ2n) is 4.59. The van der Waals surface area contributed by atoms with Crippen LogP contribution in [0, 0.1) is 5.92 Å². The summed E-state index contributed by atoms with van der Waals surface area (Å²) in [6, 6.07) is -0.685. The maximum atomic E-state index is 11.5. The van der Waals surface area contributed by atoms with E-state index >= 15 is 0 Å². The number of sulfonamides is 1. The summed E-state index contributed by atoms with van der Waals surface area (Å²) in [6.07, 6.45) is 5.10. The third kappa shape index (κ3) is 6.53. The normalized spacial score (nSPS) is 21.6. The van der Waals surface area contributed by atoms with Crippen molar-refractivity contribution in [3.05, 3.63) is 12.2 Å². The Morgan fingerprint density at radius 1 is 1.30 bits per heavy atom. The van der Waals surface area contributed by atoms with Gasteiger partial charge in [-0.15, -0.1) is 0 Å². The summed E-state index contributed by atoms with van der Waals surface area (Å²) in [7, 11) is -3.20. The van der Waals surface area contributed by atoms with Crippen molar-refractivity contribution in [1.82, 2.24) is 15.4 Å². The van der Waals surface area contributed by atoms with Crippen LogP contribution in [0.5, 0.6) is 0 Å². The maximum absolute atomic E-state index is 11.5. The van der Waals surface area contributed by atoms with E-state index in [9.17, 15) is 18.0 Å². The average Bonchev–Trinajstić information content (AvgIpc) is 2.75. The van der Waals surface area contributed by atoms with Crippen LogP contribution in [-0.4, -0.2) is 50.9 Å². The van der Waals surface area contributed by atoms with Gasteiger partial charge in [0, 0.05) is 13.1 Å². The van der Waals surface area contributed by atoms with Crippen molar-refractivity contribution in [3.8, 4) is 0 Å². The molecule has 0 spiro atoms. The molecule has 9 heteroatoms. The summed E-state index contributed by atoms with van der Waals surface area (Å²) in [5.41, 5.74) is 0. The maximum Gasteiger partial charge on any atom is 0.315 e. The number of amides is 2. The van der Waals surface area contributed by atoms with Crippen molar-refractivity contribution >= 4 is 22.0 Å². The summed E-state index contributed by atoms with van der Waals surface area (Å²) in [6.45, 7) is 0.580. The molecule has 20 heavy (non-hydrogen) atoms. The molecular weight excluding hydrogens is 286 g/mol. The second kappa shape index (κ2) is 7.25. The summed E-state index contributed by atoms with van der Waals surface area (Å²) in [5, 5.41) is 14.0. The minimum Gasteiger partial charge on any atom is -0.481 e. The van der Waals surface area contributed by atoms with Gasteiger partial charge >= 0.3 is 12.0 Å². The molecule has 8 nitrogen and oxygen atoms in total. The Balaban J connectivity index is 2.13. The summed E-state index contributed by atoms with van der Waals surface area (Å²) in [4.78, 5) is 22.2. The van der Waals surface area contributed by atoms with Gasteiger partial charge in [-0.2, -0.15) is 0 Å². The number of carbonyl (C=O) groups excluding carboxylic acids is 1. The summed E-state index contributed by atoms with van der Waals surface area (Å²) in [5.74, 6) is -1.46. The van der Waals surface area contributed by atoms with Gasteiger partial charge < -0.3 is 15.7 Å². The highest BCUT2D eigenvalue weighted by atomic mass is 32.2. The lowest BCUT2D eigenvalue weighted by Gasteiger charge is -2.13. The Bertz CT molecular complexity index is 488. The van der Waals surface area contributed by atoms with Gasteiger partial charge in [0.05, 0.1) is 18.2 Å². The van der Waals surface area contributed by atoms with Gasteiger partial charge in [-0.05, 0) is 12.8 Å². The summed E-state index contributed by atoms with van der Waals surface area (Å²) < 4.78 is 23.9. The lowest BCUT2D eigenvalue weighted by Crippen LogP contribution is -2.42. The number of carbonyl (C=O) groups is 2.